The van der Waals surface area contributed by atoms with Crippen LogP contribution in [0.25, 0.3) is 6.08 Å². The van der Waals surface area contributed by atoms with Gasteiger partial charge < -0.3 is 5.32 Å². The summed E-state index contributed by atoms with van der Waals surface area (Å²) < 4.78 is 0. The first-order chi connectivity index (χ1) is 12.5. The van der Waals surface area contributed by atoms with Gasteiger partial charge in [-0.15, -0.1) is 0 Å². The largest absolute Gasteiger partial charge is 0.356 e. The van der Waals surface area contributed by atoms with Crippen molar-refractivity contribution in [3.63, 3.8) is 0 Å². The smallest absolute Gasteiger partial charge is 0.253 e. The zero-order valence-corrected chi connectivity index (χ0v) is 15.3. The number of amides is 2. The van der Waals surface area contributed by atoms with E-state index in [0.717, 1.165) is 28.1 Å². The van der Waals surface area contributed by atoms with Crippen LogP contribution in [0.15, 0.2) is 47.5 Å². The Morgan fingerprint density at radius 1 is 1.12 bits per heavy atom. The van der Waals surface area contributed by atoms with Crippen molar-refractivity contribution >= 4 is 17.9 Å². The highest BCUT2D eigenvalue weighted by molar-refractivity contribution is 5.86. The highest BCUT2D eigenvalue weighted by Gasteiger charge is 2.18. The van der Waals surface area contributed by atoms with Gasteiger partial charge >= 0.3 is 0 Å². The Balaban J connectivity index is 1.53. The van der Waals surface area contributed by atoms with Crippen LogP contribution >= 0.6 is 0 Å². The molecule has 1 atom stereocenters. The maximum atomic E-state index is 12.2. The van der Waals surface area contributed by atoms with E-state index in [0.29, 0.717) is 19.4 Å². The molecule has 134 valence electrons. The summed E-state index contributed by atoms with van der Waals surface area (Å²) >= 11 is 0. The number of nitrogens with one attached hydrogen (secondary N) is 1. The van der Waals surface area contributed by atoms with Crippen molar-refractivity contribution < 1.29 is 9.59 Å². The van der Waals surface area contributed by atoms with Crippen LogP contribution in [0.3, 0.4) is 0 Å². The first kappa shape index (κ1) is 18.1. The fourth-order valence-electron chi connectivity index (χ4n) is 3.11. The number of hydrogen-bond donors (Lipinski definition) is 1. The molecule has 1 unspecified atom stereocenters. The van der Waals surface area contributed by atoms with Crippen LogP contribution in [-0.2, 0) is 16.0 Å². The molecule has 1 aliphatic heterocycles. The summed E-state index contributed by atoms with van der Waals surface area (Å²) in [6.45, 7) is 4.56. The van der Waals surface area contributed by atoms with Crippen LogP contribution in [0.1, 0.15) is 29.5 Å². The summed E-state index contributed by atoms with van der Waals surface area (Å²) in [4.78, 5) is 28.4. The van der Waals surface area contributed by atoms with E-state index in [2.05, 4.69) is 23.3 Å². The van der Waals surface area contributed by atoms with Crippen molar-refractivity contribution in [2.75, 3.05) is 6.54 Å². The zero-order valence-electron chi connectivity index (χ0n) is 15.3. The molecule has 2 amide bonds. The molecule has 4 nitrogen and oxygen atoms in total. The van der Waals surface area contributed by atoms with Gasteiger partial charge in [0.2, 0.25) is 5.91 Å². The van der Waals surface area contributed by atoms with Crippen LogP contribution < -0.4 is 15.9 Å². The van der Waals surface area contributed by atoms with E-state index in [4.69, 9.17) is 0 Å². The lowest BCUT2D eigenvalue weighted by Crippen LogP contribution is -2.36. The maximum absolute atomic E-state index is 12.2. The van der Waals surface area contributed by atoms with E-state index in [9.17, 15) is 9.59 Å². The fraction of sp³-hybridized carbons (Fsp3) is 0.318. The SMILES string of the molecule is Cc1cc2c(cc1C)=NC(=O)C(CCNC(=O)CCc1ccccc1)C=2. The summed E-state index contributed by atoms with van der Waals surface area (Å²) in [5.74, 6) is -0.376. The molecular formula is C22H24N2O2. The standard InChI is InChI=1S/C22H24N2O2/c1-15-12-19-14-18(22(26)24-20(19)13-16(15)2)10-11-23-21(25)9-8-17-6-4-3-5-7-17/h3-7,12-14,18H,8-11H2,1-2H3,(H,23,25). The zero-order chi connectivity index (χ0) is 18.5. The predicted molar refractivity (Wildman–Crippen MR) is 102 cm³/mol. The molecule has 3 rings (SSSR count). The highest BCUT2D eigenvalue weighted by atomic mass is 16.2. The molecule has 0 aliphatic carbocycles. The Bertz CT molecular complexity index is 933. The van der Waals surface area contributed by atoms with E-state index in [1.165, 1.54) is 5.56 Å². The Morgan fingerprint density at radius 2 is 1.85 bits per heavy atom. The first-order valence-electron chi connectivity index (χ1n) is 9.05. The van der Waals surface area contributed by atoms with Crippen molar-refractivity contribution in [2.45, 2.75) is 33.1 Å². The normalized spacial score (nSPS) is 15.6. The number of hydrogen-bond acceptors (Lipinski definition) is 2. The minimum absolute atomic E-state index is 0.0147. The molecule has 1 N–H and O–H groups in total. The number of benzene rings is 2. The lowest BCUT2D eigenvalue weighted by molar-refractivity contribution is -0.122. The van der Waals surface area contributed by atoms with Gasteiger partial charge in [0.1, 0.15) is 0 Å². The Morgan fingerprint density at radius 3 is 2.62 bits per heavy atom. The number of aryl methyl sites for hydroxylation is 3. The molecule has 0 aromatic heterocycles. The highest BCUT2D eigenvalue weighted by Crippen LogP contribution is 2.10. The third-order valence-corrected chi connectivity index (χ3v) is 4.83. The second kappa shape index (κ2) is 8.09. The predicted octanol–water partition coefficient (Wildman–Crippen LogP) is 2.00. The molecule has 4 heteroatoms. The summed E-state index contributed by atoms with van der Waals surface area (Å²) in [5, 5.41) is 4.67. The Labute approximate surface area is 153 Å². The number of nitrogens with zero attached hydrogens (tertiary/aromatic N) is 1. The van der Waals surface area contributed by atoms with Crippen LogP contribution in [-0.4, -0.2) is 18.4 Å². The lowest BCUT2D eigenvalue weighted by Gasteiger charge is -2.13. The minimum atomic E-state index is -0.265. The number of fused-ring (bicyclic) bond motifs is 1. The summed E-state index contributed by atoms with van der Waals surface area (Å²) in [6.07, 6.45) is 3.74. The number of rotatable bonds is 6. The van der Waals surface area contributed by atoms with Gasteiger partial charge in [0.15, 0.2) is 0 Å². The second-order valence-corrected chi connectivity index (χ2v) is 6.84. The van der Waals surface area contributed by atoms with Crippen molar-refractivity contribution in [3.8, 4) is 0 Å². The average Bonchev–Trinajstić information content (AvgIpc) is 2.63. The monoisotopic (exact) mass is 348 g/mol. The topological polar surface area (TPSA) is 58.5 Å². The van der Waals surface area contributed by atoms with E-state index in [1.54, 1.807) is 0 Å². The number of carbonyl (C=O) groups excluding carboxylic acids is 2. The third kappa shape index (κ3) is 4.45. The Kier molecular flexibility index (Phi) is 5.61. The van der Waals surface area contributed by atoms with Crippen LogP contribution in [0.5, 0.6) is 0 Å². The van der Waals surface area contributed by atoms with E-state index < -0.39 is 0 Å². The second-order valence-electron chi connectivity index (χ2n) is 6.84. The quantitative estimate of drug-likeness (QED) is 0.868. The minimum Gasteiger partial charge on any atom is -0.356 e. The van der Waals surface area contributed by atoms with Crippen LogP contribution in [0, 0.1) is 19.8 Å². The van der Waals surface area contributed by atoms with Crippen molar-refractivity contribution in [1.82, 2.24) is 5.32 Å². The molecule has 0 fully saturated rings. The molecular weight excluding hydrogens is 324 g/mol. The molecule has 2 aromatic carbocycles. The van der Waals surface area contributed by atoms with Gasteiger partial charge in [-0.2, -0.15) is 0 Å². The van der Waals surface area contributed by atoms with Crippen LogP contribution in [0.4, 0.5) is 0 Å². The molecule has 0 bridgehead atoms. The van der Waals surface area contributed by atoms with Gasteiger partial charge in [0, 0.05) is 13.0 Å². The van der Waals surface area contributed by atoms with Gasteiger partial charge in [0.05, 0.1) is 11.3 Å². The van der Waals surface area contributed by atoms with E-state index >= 15 is 0 Å². The van der Waals surface area contributed by atoms with Crippen LogP contribution in [0.2, 0.25) is 0 Å². The van der Waals surface area contributed by atoms with Gasteiger partial charge in [-0.3, -0.25) is 9.59 Å². The first-order valence-corrected chi connectivity index (χ1v) is 9.05. The van der Waals surface area contributed by atoms with E-state index in [-0.39, 0.29) is 17.7 Å². The van der Waals surface area contributed by atoms with Gasteiger partial charge in [-0.25, -0.2) is 4.99 Å². The van der Waals surface area contributed by atoms with Gasteiger partial charge in [-0.05, 0) is 60.7 Å². The summed E-state index contributed by atoms with van der Waals surface area (Å²) in [6, 6.07) is 14.0. The molecule has 1 aliphatic rings. The Hall–Kier alpha value is -2.75. The fourth-order valence-corrected chi connectivity index (χ4v) is 3.11. The van der Waals surface area contributed by atoms with Crippen molar-refractivity contribution in [3.05, 3.63) is 69.7 Å². The molecule has 0 saturated carbocycles. The lowest BCUT2D eigenvalue weighted by atomic mass is 9.98. The molecule has 26 heavy (non-hydrogen) atoms. The van der Waals surface area contributed by atoms with E-state index in [1.807, 2.05) is 49.4 Å². The summed E-state index contributed by atoms with van der Waals surface area (Å²) in [5.41, 5.74) is 3.48. The summed E-state index contributed by atoms with van der Waals surface area (Å²) in [7, 11) is 0. The molecule has 0 radical (unpaired) electrons. The number of carbonyl (C=O) groups is 2. The van der Waals surface area contributed by atoms with Gasteiger partial charge in [0.25, 0.3) is 5.91 Å². The molecule has 0 saturated heterocycles. The van der Waals surface area contributed by atoms with Gasteiger partial charge in [-0.1, -0.05) is 36.4 Å². The average molecular weight is 348 g/mol. The third-order valence-electron chi connectivity index (χ3n) is 4.83. The molecule has 2 aromatic rings. The maximum Gasteiger partial charge on any atom is 0.253 e. The molecule has 1 heterocycles. The van der Waals surface area contributed by atoms with Crippen molar-refractivity contribution in [2.24, 2.45) is 10.9 Å². The van der Waals surface area contributed by atoms with Crippen molar-refractivity contribution in [1.29, 1.82) is 0 Å². The molecule has 0 spiro atoms.